The maximum absolute atomic E-state index is 10.5. The smallest absolute Gasteiger partial charge is 0.132 e. The second-order valence-corrected chi connectivity index (χ2v) is 10.2. The second kappa shape index (κ2) is 10.1. The fourth-order valence-electron chi connectivity index (χ4n) is 3.97. The van der Waals surface area contributed by atoms with Crippen LogP contribution in [-0.4, -0.2) is 50.4 Å². The summed E-state index contributed by atoms with van der Waals surface area (Å²) in [6.45, 7) is 2.10. The average molecular weight is 473 g/mol. The average Bonchev–Trinajstić information content (AvgIpc) is 3.28. The first kappa shape index (κ1) is 23.4. The summed E-state index contributed by atoms with van der Waals surface area (Å²) in [5, 5.41) is 40.2. The van der Waals surface area contributed by atoms with Gasteiger partial charge in [0, 0.05) is 16.2 Å². The molecule has 170 valence electrons. The van der Waals surface area contributed by atoms with Gasteiger partial charge in [0.05, 0.1) is 6.61 Å². The lowest BCUT2D eigenvalue weighted by Gasteiger charge is -2.40. The van der Waals surface area contributed by atoms with Crippen molar-refractivity contribution in [2.75, 3.05) is 6.26 Å². The van der Waals surface area contributed by atoms with Gasteiger partial charge in [-0.05, 0) is 53.1 Å². The van der Waals surface area contributed by atoms with Crippen LogP contribution in [-0.2, 0) is 17.8 Å². The van der Waals surface area contributed by atoms with Crippen molar-refractivity contribution >= 4 is 23.1 Å². The number of aliphatic hydroxyl groups is 4. The van der Waals surface area contributed by atoms with Crippen LogP contribution in [0.1, 0.15) is 33.2 Å². The Hall–Kier alpha value is -1.71. The van der Waals surface area contributed by atoms with E-state index in [4.69, 9.17) is 4.74 Å². The number of rotatable bonds is 6. The Labute approximate surface area is 196 Å². The van der Waals surface area contributed by atoms with Crippen molar-refractivity contribution in [2.45, 2.75) is 49.8 Å². The third-order valence-electron chi connectivity index (χ3n) is 5.95. The molecule has 4 N–H and O–H groups in total. The van der Waals surface area contributed by atoms with Gasteiger partial charge in [0.15, 0.2) is 0 Å². The van der Waals surface area contributed by atoms with Gasteiger partial charge < -0.3 is 25.2 Å². The normalized spacial score (nSPS) is 25.8. The van der Waals surface area contributed by atoms with Crippen molar-refractivity contribution in [3.8, 4) is 10.4 Å². The van der Waals surface area contributed by atoms with Gasteiger partial charge in [-0.3, -0.25) is 0 Å². The number of thiophene rings is 1. The summed E-state index contributed by atoms with van der Waals surface area (Å²) >= 11 is 3.05. The summed E-state index contributed by atoms with van der Waals surface area (Å²) in [5.41, 5.74) is 4.48. The quantitative estimate of drug-likeness (QED) is 0.438. The zero-order valence-electron chi connectivity index (χ0n) is 18.0. The van der Waals surface area contributed by atoms with Crippen LogP contribution >= 0.6 is 23.1 Å². The molecule has 2 heterocycles. The largest absolute Gasteiger partial charge is 0.392 e. The van der Waals surface area contributed by atoms with E-state index in [-0.39, 0.29) is 6.61 Å². The SMILES string of the molecule is CSC1OC(c2ccc(C)c(Cc3ccc(-c4ccc(CO)cc4)s3)c2)C(O)C(O)C1O. The maximum Gasteiger partial charge on any atom is 0.132 e. The minimum atomic E-state index is -1.26. The Balaban J connectivity index is 1.55. The predicted molar refractivity (Wildman–Crippen MR) is 129 cm³/mol. The van der Waals surface area contributed by atoms with Crippen molar-refractivity contribution < 1.29 is 25.2 Å². The van der Waals surface area contributed by atoms with E-state index >= 15 is 0 Å². The van der Waals surface area contributed by atoms with E-state index in [9.17, 15) is 20.4 Å². The molecule has 0 spiro atoms. The summed E-state index contributed by atoms with van der Waals surface area (Å²) < 4.78 is 5.93. The van der Waals surface area contributed by atoms with Crippen LogP contribution in [0.25, 0.3) is 10.4 Å². The molecule has 3 aromatic rings. The first-order valence-corrected chi connectivity index (χ1v) is 12.6. The number of benzene rings is 2. The Kier molecular flexibility index (Phi) is 7.37. The van der Waals surface area contributed by atoms with E-state index < -0.39 is 29.9 Å². The molecular formula is C25H28O5S2. The van der Waals surface area contributed by atoms with Crippen molar-refractivity contribution in [3.05, 3.63) is 81.7 Å². The van der Waals surface area contributed by atoms with Gasteiger partial charge in [-0.25, -0.2) is 0 Å². The predicted octanol–water partition coefficient (Wildman–Crippen LogP) is 3.65. The van der Waals surface area contributed by atoms with Crippen molar-refractivity contribution in [1.82, 2.24) is 0 Å². The van der Waals surface area contributed by atoms with Crippen molar-refractivity contribution in [3.63, 3.8) is 0 Å². The molecule has 1 fully saturated rings. The third kappa shape index (κ3) is 4.79. The minimum absolute atomic E-state index is 0.0403. The van der Waals surface area contributed by atoms with Gasteiger partial charge >= 0.3 is 0 Å². The van der Waals surface area contributed by atoms with Crippen LogP contribution in [0.4, 0.5) is 0 Å². The molecule has 4 rings (SSSR count). The standard InChI is InChI=1S/C25H28O5S2/c1-14-3-6-17(24-22(28)21(27)23(29)25(30-24)31-2)11-18(14)12-19-9-10-20(32-19)16-7-4-15(13-26)5-8-16/h3-11,21-29H,12-13H2,1-2H3. The first-order valence-electron chi connectivity index (χ1n) is 10.5. The van der Waals surface area contributed by atoms with Crippen LogP contribution in [0.5, 0.6) is 0 Å². The highest BCUT2D eigenvalue weighted by atomic mass is 32.2. The second-order valence-electron chi connectivity index (χ2n) is 8.12. The molecule has 7 heteroatoms. The maximum atomic E-state index is 10.5. The van der Waals surface area contributed by atoms with E-state index in [0.717, 1.165) is 34.2 Å². The lowest BCUT2D eigenvalue weighted by Crippen LogP contribution is -2.52. The Morgan fingerprint density at radius 1 is 0.938 bits per heavy atom. The van der Waals surface area contributed by atoms with E-state index in [1.165, 1.54) is 21.5 Å². The van der Waals surface area contributed by atoms with Gasteiger partial charge in [0.2, 0.25) is 0 Å². The van der Waals surface area contributed by atoms with Gasteiger partial charge in [-0.15, -0.1) is 23.1 Å². The highest BCUT2D eigenvalue weighted by molar-refractivity contribution is 7.99. The summed E-state index contributed by atoms with van der Waals surface area (Å²) in [6, 6.07) is 18.1. The number of aryl methyl sites for hydroxylation is 1. The van der Waals surface area contributed by atoms with Crippen LogP contribution in [0.2, 0.25) is 0 Å². The summed E-state index contributed by atoms with van der Waals surface area (Å²) in [6.07, 6.45) is -1.72. The molecule has 32 heavy (non-hydrogen) atoms. The van der Waals surface area contributed by atoms with Crippen LogP contribution in [0.15, 0.2) is 54.6 Å². The number of hydrogen-bond donors (Lipinski definition) is 4. The molecule has 1 saturated heterocycles. The van der Waals surface area contributed by atoms with Crippen LogP contribution in [0, 0.1) is 6.92 Å². The van der Waals surface area contributed by atoms with Crippen LogP contribution in [0.3, 0.4) is 0 Å². The van der Waals surface area contributed by atoms with Crippen molar-refractivity contribution in [1.29, 1.82) is 0 Å². The molecule has 5 unspecified atom stereocenters. The van der Waals surface area contributed by atoms with E-state index in [1.54, 1.807) is 11.3 Å². The molecule has 1 aliphatic heterocycles. The molecule has 2 aromatic carbocycles. The molecule has 0 saturated carbocycles. The molecule has 0 bridgehead atoms. The number of hydrogen-bond acceptors (Lipinski definition) is 7. The molecule has 5 nitrogen and oxygen atoms in total. The first-order chi connectivity index (χ1) is 15.4. The molecule has 0 amide bonds. The molecule has 5 atom stereocenters. The van der Waals surface area contributed by atoms with Crippen LogP contribution < -0.4 is 0 Å². The van der Waals surface area contributed by atoms with E-state index in [1.807, 2.05) is 48.7 Å². The lowest BCUT2D eigenvalue weighted by atomic mass is 9.92. The molecular weight excluding hydrogens is 444 g/mol. The highest BCUT2D eigenvalue weighted by Gasteiger charge is 2.44. The Morgan fingerprint density at radius 2 is 1.69 bits per heavy atom. The zero-order chi connectivity index (χ0) is 22.8. The Morgan fingerprint density at radius 3 is 2.38 bits per heavy atom. The van der Waals surface area contributed by atoms with Gasteiger partial charge in [0.1, 0.15) is 29.9 Å². The van der Waals surface area contributed by atoms with E-state index in [2.05, 4.69) is 19.1 Å². The monoisotopic (exact) mass is 472 g/mol. The Bertz CT molecular complexity index is 1050. The van der Waals surface area contributed by atoms with E-state index in [0.29, 0.717) is 0 Å². The zero-order valence-corrected chi connectivity index (χ0v) is 19.6. The summed E-state index contributed by atoms with van der Waals surface area (Å²) in [7, 11) is 0. The highest BCUT2D eigenvalue weighted by Crippen LogP contribution is 2.37. The molecule has 1 aliphatic rings. The minimum Gasteiger partial charge on any atom is -0.392 e. The summed E-state index contributed by atoms with van der Waals surface area (Å²) in [5.74, 6) is 0. The molecule has 0 radical (unpaired) electrons. The topological polar surface area (TPSA) is 90.2 Å². The third-order valence-corrected chi connectivity index (χ3v) is 7.94. The van der Waals surface area contributed by atoms with Gasteiger partial charge in [-0.1, -0.05) is 42.5 Å². The molecule has 1 aromatic heterocycles. The number of thioether (sulfide) groups is 1. The molecule has 0 aliphatic carbocycles. The number of ether oxygens (including phenoxy) is 1. The fraction of sp³-hybridized carbons (Fsp3) is 0.360. The van der Waals surface area contributed by atoms with Gasteiger partial charge in [-0.2, -0.15) is 0 Å². The summed E-state index contributed by atoms with van der Waals surface area (Å²) in [4.78, 5) is 2.39. The fourth-order valence-corrected chi connectivity index (χ4v) is 5.67. The number of aliphatic hydroxyl groups excluding tert-OH is 4. The van der Waals surface area contributed by atoms with Gasteiger partial charge in [0.25, 0.3) is 0 Å². The lowest BCUT2D eigenvalue weighted by molar-refractivity contribution is -0.200. The van der Waals surface area contributed by atoms with Crippen molar-refractivity contribution in [2.24, 2.45) is 0 Å².